The van der Waals surface area contributed by atoms with Gasteiger partial charge in [-0.25, -0.2) is 4.39 Å². The molecule has 2 aromatic carbocycles. The van der Waals surface area contributed by atoms with Gasteiger partial charge in [0.1, 0.15) is 5.82 Å². The molecule has 1 N–H and O–H groups in total. The van der Waals surface area contributed by atoms with Crippen molar-refractivity contribution in [1.82, 2.24) is 0 Å². The fourth-order valence-electron chi connectivity index (χ4n) is 1.92. The van der Waals surface area contributed by atoms with E-state index in [1.165, 1.54) is 23.8 Å². The van der Waals surface area contributed by atoms with Crippen molar-refractivity contribution < 1.29 is 9.18 Å². The molecule has 0 aromatic heterocycles. The van der Waals surface area contributed by atoms with Gasteiger partial charge in [-0.1, -0.05) is 35.9 Å². The summed E-state index contributed by atoms with van der Waals surface area (Å²) < 4.78 is 13.4. The summed E-state index contributed by atoms with van der Waals surface area (Å²) in [6, 6.07) is 12.1. The van der Waals surface area contributed by atoms with Crippen molar-refractivity contribution >= 4 is 17.7 Å². The molecule has 0 spiro atoms. The van der Waals surface area contributed by atoms with E-state index in [1.54, 1.807) is 18.2 Å². The number of amides is 1. The number of benzene rings is 2. The fourth-order valence-corrected chi connectivity index (χ4v) is 1.92. The number of carbonyl (C=O) groups is 1. The van der Waals surface area contributed by atoms with E-state index in [9.17, 15) is 9.18 Å². The summed E-state index contributed by atoms with van der Waals surface area (Å²) in [4.78, 5) is 11.8. The van der Waals surface area contributed by atoms with Crippen molar-refractivity contribution in [3.63, 3.8) is 0 Å². The van der Waals surface area contributed by atoms with Gasteiger partial charge in [-0.15, -0.1) is 0 Å². The molecule has 0 saturated heterocycles. The lowest BCUT2D eigenvalue weighted by molar-refractivity contribution is -0.111. The molecule has 0 heterocycles. The number of anilines is 1. The number of hydrogen-bond donors (Lipinski definition) is 1. The van der Waals surface area contributed by atoms with Gasteiger partial charge in [0, 0.05) is 6.08 Å². The molecular formula is C17H16FNO. The Bertz CT molecular complexity index is 662. The van der Waals surface area contributed by atoms with Crippen LogP contribution in [0.2, 0.25) is 0 Å². The van der Waals surface area contributed by atoms with Gasteiger partial charge in [0.25, 0.3) is 0 Å². The number of halogens is 1. The van der Waals surface area contributed by atoms with Gasteiger partial charge in [-0.05, 0) is 43.2 Å². The van der Waals surface area contributed by atoms with E-state index in [0.29, 0.717) is 0 Å². The molecule has 0 aliphatic rings. The van der Waals surface area contributed by atoms with Crippen LogP contribution in [-0.4, -0.2) is 5.91 Å². The standard InChI is InChI=1S/C17H16FNO/c1-12-7-8-14(13(2)11-12)9-10-17(20)19-16-6-4-3-5-15(16)18/h3-11H,1-2H3,(H,19,20). The second-order valence-corrected chi connectivity index (χ2v) is 4.66. The van der Waals surface area contributed by atoms with Gasteiger partial charge < -0.3 is 5.32 Å². The van der Waals surface area contributed by atoms with E-state index in [1.807, 2.05) is 26.0 Å². The minimum Gasteiger partial charge on any atom is -0.320 e. The Balaban J connectivity index is 2.08. The second-order valence-electron chi connectivity index (χ2n) is 4.66. The molecule has 0 fully saturated rings. The third-order valence-electron chi connectivity index (χ3n) is 2.97. The van der Waals surface area contributed by atoms with Gasteiger partial charge in [0.15, 0.2) is 0 Å². The first-order chi connectivity index (χ1) is 9.56. The van der Waals surface area contributed by atoms with Crippen LogP contribution in [0.5, 0.6) is 0 Å². The fraction of sp³-hybridized carbons (Fsp3) is 0.118. The lowest BCUT2D eigenvalue weighted by Gasteiger charge is -2.04. The van der Waals surface area contributed by atoms with Crippen molar-refractivity contribution in [3.8, 4) is 0 Å². The minimum atomic E-state index is -0.444. The molecule has 0 radical (unpaired) electrons. The van der Waals surface area contributed by atoms with Crippen LogP contribution in [0.4, 0.5) is 10.1 Å². The highest BCUT2D eigenvalue weighted by molar-refractivity contribution is 6.02. The van der Waals surface area contributed by atoms with Crippen molar-refractivity contribution in [1.29, 1.82) is 0 Å². The predicted octanol–water partition coefficient (Wildman–Crippen LogP) is 4.09. The van der Waals surface area contributed by atoms with Crippen LogP contribution in [0.15, 0.2) is 48.5 Å². The Morgan fingerprint density at radius 1 is 1.15 bits per heavy atom. The summed E-state index contributed by atoms with van der Waals surface area (Å²) in [6.07, 6.45) is 3.13. The van der Waals surface area contributed by atoms with Crippen molar-refractivity contribution in [3.05, 3.63) is 71.0 Å². The van der Waals surface area contributed by atoms with Gasteiger partial charge in [-0.2, -0.15) is 0 Å². The van der Waals surface area contributed by atoms with Crippen LogP contribution in [0, 0.1) is 19.7 Å². The molecule has 102 valence electrons. The number of hydrogen-bond acceptors (Lipinski definition) is 1. The molecule has 0 atom stereocenters. The monoisotopic (exact) mass is 269 g/mol. The van der Waals surface area contributed by atoms with Gasteiger partial charge in [0.2, 0.25) is 5.91 Å². The van der Waals surface area contributed by atoms with E-state index in [2.05, 4.69) is 11.4 Å². The summed E-state index contributed by atoms with van der Waals surface area (Å²) >= 11 is 0. The molecule has 0 unspecified atom stereocenters. The highest BCUT2D eigenvalue weighted by Gasteiger charge is 2.03. The molecule has 20 heavy (non-hydrogen) atoms. The molecule has 0 aliphatic heterocycles. The van der Waals surface area contributed by atoms with Crippen LogP contribution < -0.4 is 5.32 Å². The Morgan fingerprint density at radius 3 is 2.60 bits per heavy atom. The molecule has 3 heteroatoms. The molecule has 2 aromatic rings. The summed E-state index contributed by atoms with van der Waals surface area (Å²) in [7, 11) is 0. The molecule has 0 bridgehead atoms. The summed E-state index contributed by atoms with van der Waals surface area (Å²) in [5.74, 6) is -0.796. The summed E-state index contributed by atoms with van der Waals surface area (Å²) in [5.41, 5.74) is 3.43. The number of rotatable bonds is 3. The van der Waals surface area contributed by atoms with Crippen LogP contribution in [0.1, 0.15) is 16.7 Å². The van der Waals surface area contributed by atoms with E-state index >= 15 is 0 Å². The van der Waals surface area contributed by atoms with E-state index in [4.69, 9.17) is 0 Å². The zero-order valence-corrected chi connectivity index (χ0v) is 11.5. The minimum absolute atomic E-state index is 0.183. The highest BCUT2D eigenvalue weighted by Crippen LogP contribution is 2.14. The lowest BCUT2D eigenvalue weighted by atomic mass is 10.1. The maximum absolute atomic E-state index is 13.4. The first-order valence-corrected chi connectivity index (χ1v) is 6.37. The van der Waals surface area contributed by atoms with Crippen LogP contribution in [0.3, 0.4) is 0 Å². The first-order valence-electron chi connectivity index (χ1n) is 6.37. The Morgan fingerprint density at radius 2 is 1.90 bits per heavy atom. The largest absolute Gasteiger partial charge is 0.320 e. The van der Waals surface area contributed by atoms with Crippen molar-refractivity contribution in [2.45, 2.75) is 13.8 Å². The first kappa shape index (κ1) is 14.0. The summed E-state index contributed by atoms with van der Waals surface area (Å²) in [5, 5.41) is 2.51. The SMILES string of the molecule is Cc1ccc(C=CC(=O)Nc2ccccc2F)c(C)c1. The summed E-state index contributed by atoms with van der Waals surface area (Å²) in [6.45, 7) is 4.01. The zero-order chi connectivity index (χ0) is 14.5. The highest BCUT2D eigenvalue weighted by atomic mass is 19.1. The molecular weight excluding hydrogens is 253 g/mol. The molecule has 1 amide bonds. The Hall–Kier alpha value is -2.42. The number of nitrogens with one attached hydrogen (secondary N) is 1. The van der Waals surface area contributed by atoms with Crippen molar-refractivity contribution in [2.24, 2.45) is 0 Å². The average molecular weight is 269 g/mol. The van der Waals surface area contributed by atoms with E-state index < -0.39 is 5.82 Å². The van der Waals surface area contributed by atoms with Gasteiger partial charge in [0.05, 0.1) is 5.69 Å². The van der Waals surface area contributed by atoms with Crippen LogP contribution in [-0.2, 0) is 4.79 Å². The van der Waals surface area contributed by atoms with Crippen LogP contribution in [0.25, 0.3) is 6.08 Å². The van der Waals surface area contributed by atoms with Crippen molar-refractivity contribution in [2.75, 3.05) is 5.32 Å². The maximum Gasteiger partial charge on any atom is 0.248 e. The van der Waals surface area contributed by atoms with E-state index in [0.717, 1.165) is 11.1 Å². The molecule has 0 saturated carbocycles. The molecule has 2 rings (SSSR count). The maximum atomic E-state index is 13.4. The second kappa shape index (κ2) is 6.15. The number of para-hydroxylation sites is 1. The normalized spacial score (nSPS) is 10.8. The third-order valence-corrected chi connectivity index (χ3v) is 2.97. The predicted molar refractivity (Wildman–Crippen MR) is 80.0 cm³/mol. The zero-order valence-electron chi connectivity index (χ0n) is 11.5. The molecule has 0 aliphatic carbocycles. The lowest BCUT2D eigenvalue weighted by Crippen LogP contribution is -2.09. The quantitative estimate of drug-likeness (QED) is 0.835. The van der Waals surface area contributed by atoms with Gasteiger partial charge in [-0.3, -0.25) is 4.79 Å². The smallest absolute Gasteiger partial charge is 0.248 e. The Labute approximate surface area is 118 Å². The average Bonchev–Trinajstić information content (AvgIpc) is 2.40. The van der Waals surface area contributed by atoms with E-state index in [-0.39, 0.29) is 11.6 Å². The number of aryl methyl sites for hydroxylation is 2. The van der Waals surface area contributed by atoms with Crippen LogP contribution >= 0.6 is 0 Å². The third kappa shape index (κ3) is 3.54. The topological polar surface area (TPSA) is 29.1 Å². The molecule has 2 nitrogen and oxygen atoms in total. The number of carbonyl (C=O) groups excluding carboxylic acids is 1. The Kier molecular flexibility index (Phi) is 4.31. The van der Waals surface area contributed by atoms with Gasteiger partial charge >= 0.3 is 0 Å².